The molecule has 0 heterocycles. The Morgan fingerprint density at radius 1 is 1.17 bits per heavy atom. The molecule has 0 fully saturated rings. The topological polar surface area (TPSA) is 75.4 Å². The summed E-state index contributed by atoms with van der Waals surface area (Å²) in [6, 6.07) is 14.6. The third-order valence-corrected chi connectivity index (χ3v) is 4.50. The van der Waals surface area contributed by atoms with Gasteiger partial charge >= 0.3 is 6.03 Å². The van der Waals surface area contributed by atoms with E-state index in [2.05, 4.69) is 17.4 Å². The number of anilines is 1. The maximum Gasteiger partial charge on any atom is 0.316 e. The van der Waals surface area contributed by atoms with Gasteiger partial charge in [0.2, 0.25) is 0 Å². The summed E-state index contributed by atoms with van der Waals surface area (Å²) in [5.74, 6) is -0.0650. The van der Waals surface area contributed by atoms with Crippen LogP contribution in [0.2, 0.25) is 0 Å². The minimum absolute atomic E-state index is 0.0650. The van der Waals surface area contributed by atoms with E-state index in [-0.39, 0.29) is 11.9 Å². The van der Waals surface area contributed by atoms with Gasteiger partial charge in [-0.25, -0.2) is 4.79 Å². The normalized spacial score (nSPS) is 16.1. The van der Waals surface area contributed by atoms with E-state index in [1.54, 1.807) is 29.2 Å². The van der Waals surface area contributed by atoms with Gasteiger partial charge in [0, 0.05) is 18.3 Å². The molecule has 0 aliphatic heterocycles. The molecule has 1 aliphatic rings. The summed E-state index contributed by atoms with van der Waals surface area (Å²) in [7, 11) is 1.84. The highest BCUT2D eigenvalue weighted by atomic mass is 16.2. The fraction of sp³-hybridized carbons (Fsp3) is 0.263. The van der Waals surface area contributed by atoms with Gasteiger partial charge in [-0.3, -0.25) is 4.79 Å². The first-order valence-electron chi connectivity index (χ1n) is 8.08. The van der Waals surface area contributed by atoms with Gasteiger partial charge in [-0.2, -0.15) is 0 Å². The number of hydrogen-bond donors (Lipinski definition) is 2. The summed E-state index contributed by atoms with van der Waals surface area (Å²) in [4.78, 5) is 25.7. The van der Waals surface area contributed by atoms with Crippen LogP contribution in [0.3, 0.4) is 0 Å². The van der Waals surface area contributed by atoms with Gasteiger partial charge in [-0.15, -0.1) is 0 Å². The molecule has 5 nitrogen and oxygen atoms in total. The largest absolute Gasteiger partial charge is 0.351 e. The van der Waals surface area contributed by atoms with Crippen molar-refractivity contribution in [3.05, 3.63) is 65.2 Å². The van der Waals surface area contributed by atoms with Crippen molar-refractivity contribution in [1.82, 2.24) is 4.90 Å². The fourth-order valence-corrected chi connectivity index (χ4v) is 3.35. The Labute approximate surface area is 141 Å². The quantitative estimate of drug-likeness (QED) is 0.909. The van der Waals surface area contributed by atoms with E-state index < -0.39 is 6.03 Å². The van der Waals surface area contributed by atoms with Crippen molar-refractivity contribution < 1.29 is 9.59 Å². The van der Waals surface area contributed by atoms with E-state index in [0.29, 0.717) is 11.3 Å². The minimum atomic E-state index is -0.644. The zero-order valence-electron chi connectivity index (χ0n) is 13.7. The Kier molecular flexibility index (Phi) is 4.51. The van der Waals surface area contributed by atoms with Gasteiger partial charge in [0.25, 0.3) is 5.91 Å². The molecule has 3 rings (SSSR count). The van der Waals surface area contributed by atoms with Gasteiger partial charge in [0.1, 0.15) is 0 Å². The van der Waals surface area contributed by atoms with Crippen molar-refractivity contribution in [2.24, 2.45) is 5.73 Å². The van der Waals surface area contributed by atoms with Gasteiger partial charge in [-0.05, 0) is 48.6 Å². The van der Waals surface area contributed by atoms with Gasteiger partial charge in [0.15, 0.2) is 0 Å². The SMILES string of the molecule is CN(C(=O)c1cccc(NC(N)=O)c1)C1CCCc2ccccc21. The monoisotopic (exact) mass is 323 g/mol. The first-order chi connectivity index (χ1) is 11.6. The second kappa shape index (κ2) is 6.74. The molecule has 0 spiro atoms. The van der Waals surface area contributed by atoms with Crippen LogP contribution in [-0.2, 0) is 6.42 Å². The van der Waals surface area contributed by atoms with Crippen LogP contribution in [-0.4, -0.2) is 23.9 Å². The molecule has 1 unspecified atom stereocenters. The number of rotatable bonds is 3. The molecule has 0 radical (unpaired) electrons. The number of carbonyl (C=O) groups is 2. The Hall–Kier alpha value is -2.82. The summed E-state index contributed by atoms with van der Waals surface area (Å²) < 4.78 is 0. The number of aryl methyl sites for hydroxylation is 1. The molecule has 0 saturated carbocycles. The van der Waals surface area contributed by atoms with Crippen LogP contribution < -0.4 is 11.1 Å². The summed E-state index contributed by atoms with van der Waals surface area (Å²) in [6.07, 6.45) is 3.09. The molecule has 5 heteroatoms. The third kappa shape index (κ3) is 3.25. The van der Waals surface area contributed by atoms with Crippen molar-refractivity contribution in [2.45, 2.75) is 25.3 Å². The van der Waals surface area contributed by atoms with E-state index >= 15 is 0 Å². The Morgan fingerprint density at radius 3 is 2.75 bits per heavy atom. The number of amides is 3. The summed E-state index contributed by atoms with van der Waals surface area (Å²) in [5, 5.41) is 2.50. The molecule has 0 aromatic heterocycles. The van der Waals surface area contributed by atoms with Crippen LogP contribution >= 0.6 is 0 Å². The summed E-state index contributed by atoms with van der Waals surface area (Å²) in [6.45, 7) is 0. The van der Waals surface area contributed by atoms with E-state index in [1.807, 2.05) is 19.2 Å². The predicted molar refractivity (Wildman–Crippen MR) is 93.9 cm³/mol. The highest BCUT2D eigenvalue weighted by Gasteiger charge is 2.27. The molecule has 1 aliphatic carbocycles. The molecule has 2 aromatic rings. The smallest absolute Gasteiger partial charge is 0.316 e. The van der Waals surface area contributed by atoms with E-state index in [1.165, 1.54) is 11.1 Å². The van der Waals surface area contributed by atoms with Crippen molar-refractivity contribution >= 4 is 17.6 Å². The van der Waals surface area contributed by atoms with Crippen LogP contribution in [0.15, 0.2) is 48.5 Å². The number of urea groups is 1. The average molecular weight is 323 g/mol. The van der Waals surface area contributed by atoms with E-state index in [0.717, 1.165) is 19.3 Å². The number of fused-ring (bicyclic) bond motifs is 1. The van der Waals surface area contributed by atoms with Crippen molar-refractivity contribution in [3.8, 4) is 0 Å². The lowest BCUT2D eigenvalue weighted by Gasteiger charge is -2.33. The van der Waals surface area contributed by atoms with Crippen LogP contribution in [0.4, 0.5) is 10.5 Å². The van der Waals surface area contributed by atoms with Gasteiger partial charge in [-0.1, -0.05) is 30.3 Å². The molecule has 2 aromatic carbocycles. The third-order valence-electron chi connectivity index (χ3n) is 4.50. The lowest BCUT2D eigenvalue weighted by Crippen LogP contribution is -2.33. The molecule has 3 amide bonds. The zero-order chi connectivity index (χ0) is 17.1. The Bertz CT molecular complexity index is 773. The first-order valence-corrected chi connectivity index (χ1v) is 8.08. The second-order valence-corrected chi connectivity index (χ2v) is 6.09. The molecular weight excluding hydrogens is 302 g/mol. The maximum atomic E-state index is 12.9. The van der Waals surface area contributed by atoms with E-state index in [4.69, 9.17) is 5.73 Å². The molecule has 0 saturated heterocycles. The number of carbonyl (C=O) groups excluding carboxylic acids is 2. The van der Waals surface area contributed by atoms with Crippen molar-refractivity contribution in [3.63, 3.8) is 0 Å². The number of nitrogens with one attached hydrogen (secondary N) is 1. The molecule has 1 atom stereocenters. The predicted octanol–water partition coefficient (Wildman–Crippen LogP) is 3.33. The van der Waals surface area contributed by atoms with Crippen LogP contribution in [0, 0.1) is 0 Å². The van der Waals surface area contributed by atoms with Gasteiger partial charge in [0.05, 0.1) is 6.04 Å². The van der Waals surface area contributed by atoms with Crippen molar-refractivity contribution in [2.75, 3.05) is 12.4 Å². The molecular formula is C19H21N3O2. The summed E-state index contributed by atoms with van der Waals surface area (Å²) in [5.41, 5.74) is 8.73. The lowest BCUT2D eigenvalue weighted by atomic mass is 9.87. The molecule has 124 valence electrons. The molecule has 24 heavy (non-hydrogen) atoms. The number of nitrogens with zero attached hydrogens (tertiary/aromatic N) is 1. The maximum absolute atomic E-state index is 12.9. The minimum Gasteiger partial charge on any atom is -0.351 e. The van der Waals surface area contributed by atoms with Crippen LogP contribution in [0.5, 0.6) is 0 Å². The molecule has 3 N–H and O–H groups in total. The summed E-state index contributed by atoms with van der Waals surface area (Å²) >= 11 is 0. The van der Waals surface area contributed by atoms with Gasteiger partial charge < -0.3 is 16.0 Å². The van der Waals surface area contributed by atoms with Crippen molar-refractivity contribution in [1.29, 1.82) is 0 Å². The van der Waals surface area contributed by atoms with E-state index in [9.17, 15) is 9.59 Å². The number of benzene rings is 2. The number of nitrogens with two attached hydrogens (primary N) is 1. The fourth-order valence-electron chi connectivity index (χ4n) is 3.35. The Morgan fingerprint density at radius 2 is 1.96 bits per heavy atom. The lowest BCUT2D eigenvalue weighted by molar-refractivity contribution is 0.0715. The Balaban J connectivity index is 1.84. The number of hydrogen-bond acceptors (Lipinski definition) is 2. The average Bonchev–Trinajstić information content (AvgIpc) is 2.59. The van der Waals surface area contributed by atoms with Crippen LogP contribution in [0.25, 0.3) is 0 Å². The zero-order valence-corrected chi connectivity index (χ0v) is 13.7. The highest BCUT2D eigenvalue weighted by Crippen LogP contribution is 2.34. The standard InChI is InChI=1S/C19H21N3O2/c1-22(17-11-5-7-13-6-2-3-10-16(13)17)18(23)14-8-4-9-15(12-14)21-19(20)24/h2-4,6,8-10,12,17H,5,7,11H2,1H3,(H3,20,21,24). The van der Waals surface area contributed by atoms with Crippen LogP contribution in [0.1, 0.15) is 40.4 Å². The number of primary amides is 1. The second-order valence-electron chi connectivity index (χ2n) is 6.09. The first kappa shape index (κ1) is 16.1. The molecule has 0 bridgehead atoms. The highest BCUT2D eigenvalue weighted by molar-refractivity contribution is 5.96.